The quantitative estimate of drug-likeness (QED) is 0.556. The van der Waals surface area contributed by atoms with Crippen LogP contribution in [0.25, 0.3) is 0 Å². The summed E-state index contributed by atoms with van der Waals surface area (Å²) in [6, 6.07) is 15.0. The van der Waals surface area contributed by atoms with Crippen LogP contribution in [0.5, 0.6) is 0 Å². The number of benzene rings is 2. The lowest BCUT2D eigenvalue weighted by Crippen LogP contribution is -2.42. The number of halogens is 2. The Morgan fingerprint density at radius 2 is 2.03 bits per heavy atom. The Morgan fingerprint density at radius 1 is 1.19 bits per heavy atom. The summed E-state index contributed by atoms with van der Waals surface area (Å²) in [4.78, 5) is 21.7. The van der Waals surface area contributed by atoms with Gasteiger partial charge in [-0.3, -0.25) is 14.8 Å². The number of pyridine rings is 1. The second-order valence-corrected chi connectivity index (χ2v) is 8.57. The number of carbonyl (C=O) groups excluding carboxylic acids is 1. The predicted octanol–water partition coefficient (Wildman–Crippen LogP) is 5.75. The minimum atomic E-state index is -0.504. The number of rotatable bonds is 4. The van der Waals surface area contributed by atoms with Crippen molar-refractivity contribution in [3.8, 4) is 6.07 Å². The number of aliphatic imine (C=N–C) groups is 1. The molecule has 1 saturated carbocycles. The number of fused-ring (bicyclic) bond motifs is 1. The Kier molecular flexibility index (Phi) is 4.99. The number of nitriles is 1. The molecule has 5 rings (SSSR count). The zero-order valence-corrected chi connectivity index (χ0v) is 17.8. The monoisotopic (exact) mass is 444 g/mol. The number of carbonyl (C=O) groups is 1. The molecule has 5 nitrogen and oxygen atoms in total. The number of nitrogens with one attached hydrogen (secondary N) is 1. The highest BCUT2D eigenvalue weighted by molar-refractivity contribution is 6.30. The van der Waals surface area contributed by atoms with Crippen molar-refractivity contribution in [3.05, 3.63) is 88.0 Å². The van der Waals surface area contributed by atoms with Crippen molar-refractivity contribution in [3.63, 3.8) is 0 Å². The van der Waals surface area contributed by atoms with Gasteiger partial charge in [0.25, 0.3) is 5.91 Å². The number of nitrogens with zero attached hydrogens (tertiary/aromatic N) is 3. The summed E-state index contributed by atoms with van der Waals surface area (Å²) >= 11 is 6.06. The molecule has 7 heteroatoms. The number of anilines is 1. The fraction of sp³-hybridized carbons (Fsp3) is 0.200. The van der Waals surface area contributed by atoms with Gasteiger partial charge in [0, 0.05) is 29.3 Å². The summed E-state index contributed by atoms with van der Waals surface area (Å²) in [7, 11) is 0. The van der Waals surface area contributed by atoms with Crippen LogP contribution < -0.4 is 5.32 Å². The minimum Gasteiger partial charge on any atom is -0.319 e. The molecule has 32 heavy (non-hydrogen) atoms. The minimum absolute atomic E-state index is 0.0979. The smallest absolute Gasteiger partial charge is 0.255 e. The molecule has 0 radical (unpaired) electrons. The summed E-state index contributed by atoms with van der Waals surface area (Å²) in [6.45, 7) is 0. The van der Waals surface area contributed by atoms with Crippen LogP contribution in [0, 0.1) is 17.1 Å². The molecule has 1 aliphatic heterocycles. The maximum absolute atomic E-state index is 15.0. The summed E-state index contributed by atoms with van der Waals surface area (Å²) in [6.07, 6.45) is 5.07. The van der Waals surface area contributed by atoms with E-state index in [1.807, 2.05) is 18.2 Å². The predicted molar refractivity (Wildman–Crippen MR) is 121 cm³/mol. The molecule has 2 heterocycles. The van der Waals surface area contributed by atoms with Gasteiger partial charge in [-0.25, -0.2) is 4.39 Å². The van der Waals surface area contributed by atoms with Crippen molar-refractivity contribution >= 4 is 34.6 Å². The van der Waals surface area contributed by atoms with Gasteiger partial charge < -0.3 is 5.32 Å². The fourth-order valence-corrected chi connectivity index (χ4v) is 4.57. The maximum atomic E-state index is 15.0. The molecule has 3 aromatic rings. The Morgan fingerprint density at radius 3 is 2.75 bits per heavy atom. The Balaban J connectivity index is 1.41. The number of aromatic nitrogens is 1. The van der Waals surface area contributed by atoms with Crippen LogP contribution in [0.3, 0.4) is 0 Å². The van der Waals surface area contributed by atoms with Gasteiger partial charge in [-0.05, 0) is 54.8 Å². The molecular weight excluding hydrogens is 427 g/mol. The van der Waals surface area contributed by atoms with Gasteiger partial charge in [-0.2, -0.15) is 5.26 Å². The van der Waals surface area contributed by atoms with Crippen molar-refractivity contribution in [1.82, 2.24) is 4.98 Å². The lowest BCUT2D eigenvalue weighted by atomic mass is 9.61. The average Bonchev–Trinajstić information content (AvgIpc) is 3.17. The topological polar surface area (TPSA) is 78.1 Å². The number of hydrogen-bond donors (Lipinski definition) is 1. The average molecular weight is 445 g/mol. The third kappa shape index (κ3) is 3.45. The van der Waals surface area contributed by atoms with Gasteiger partial charge in [0.1, 0.15) is 5.82 Å². The van der Waals surface area contributed by atoms with Crippen molar-refractivity contribution in [2.45, 2.75) is 31.1 Å². The van der Waals surface area contributed by atoms with Crippen LogP contribution in [0.2, 0.25) is 5.02 Å². The first-order valence-corrected chi connectivity index (χ1v) is 10.7. The largest absolute Gasteiger partial charge is 0.319 e. The van der Waals surface area contributed by atoms with E-state index in [0.717, 1.165) is 41.9 Å². The van der Waals surface area contributed by atoms with E-state index < -0.39 is 11.7 Å². The second-order valence-electron chi connectivity index (χ2n) is 8.13. The third-order valence-corrected chi connectivity index (χ3v) is 6.49. The molecule has 1 fully saturated rings. The summed E-state index contributed by atoms with van der Waals surface area (Å²) in [5.74, 6) is -0.971. The first-order valence-electron chi connectivity index (χ1n) is 10.3. The normalized spacial score (nSPS) is 15.8. The van der Waals surface area contributed by atoms with Gasteiger partial charge in [-0.1, -0.05) is 30.2 Å². The molecule has 2 aliphatic rings. The van der Waals surface area contributed by atoms with Crippen LogP contribution in [0.15, 0.2) is 59.7 Å². The molecule has 2 aromatic carbocycles. The van der Waals surface area contributed by atoms with E-state index in [9.17, 15) is 4.79 Å². The van der Waals surface area contributed by atoms with Crippen molar-refractivity contribution in [2.75, 3.05) is 5.32 Å². The number of hydrogen-bond acceptors (Lipinski definition) is 4. The van der Waals surface area contributed by atoms with Gasteiger partial charge >= 0.3 is 0 Å². The SMILES string of the molecule is N#Cc1cccc(C(=O)Nc2ccc(C3(C4=Nc5cc(Cl)cnc5C4)CCC3)cc2F)c1. The molecular formula is C25H18ClFN4O. The maximum Gasteiger partial charge on any atom is 0.255 e. The van der Waals surface area contributed by atoms with Gasteiger partial charge in [-0.15, -0.1) is 0 Å². The lowest BCUT2D eigenvalue weighted by molar-refractivity contribution is 0.102. The van der Waals surface area contributed by atoms with E-state index in [-0.39, 0.29) is 11.1 Å². The van der Waals surface area contributed by atoms with Crippen molar-refractivity contribution < 1.29 is 9.18 Å². The van der Waals surface area contributed by atoms with E-state index >= 15 is 4.39 Å². The zero-order chi connectivity index (χ0) is 22.3. The fourth-order valence-electron chi connectivity index (χ4n) is 4.42. The van der Waals surface area contributed by atoms with Crippen LogP contribution in [0.4, 0.5) is 15.8 Å². The Bertz CT molecular complexity index is 1320. The van der Waals surface area contributed by atoms with Crippen LogP contribution in [0.1, 0.15) is 46.4 Å². The van der Waals surface area contributed by atoms with Crippen LogP contribution in [-0.4, -0.2) is 16.6 Å². The highest BCUT2D eigenvalue weighted by Crippen LogP contribution is 2.49. The third-order valence-electron chi connectivity index (χ3n) is 6.29. The standard InChI is InChI=1S/C25H18ClFN4O/c26-18-11-22-21(29-14-18)12-23(30-22)25(7-2-8-25)17-5-6-20(19(27)10-17)31-24(32)16-4-1-3-15(9-16)13-28/h1,3-6,9-11,14H,2,7-8,12H2,(H,31,32). The second kappa shape index (κ2) is 7.85. The van der Waals surface area contributed by atoms with E-state index in [2.05, 4.69) is 10.3 Å². The van der Waals surface area contributed by atoms with Crippen LogP contribution in [-0.2, 0) is 11.8 Å². The Hall–Kier alpha value is -3.56. The zero-order valence-electron chi connectivity index (χ0n) is 17.0. The summed E-state index contributed by atoms with van der Waals surface area (Å²) in [5.41, 5.74) is 3.95. The first-order chi connectivity index (χ1) is 15.5. The van der Waals surface area contributed by atoms with Gasteiger partial charge in [0.05, 0.1) is 33.7 Å². The molecule has 158 valence electrons. The van der Waals surface area contributed by atoms with Crippen LogP contribution >= 0.6 is 11.6 Å². The molecule has 1 aromatic heterocycles. The molecule has 1 aliphatic carbocycles. The van der Waals surface area contributed by atoms with E-state index in [1.54, 1.807) is 30.5 Å². The highest BCUT2D eigenvalue weighted by Gasteiger charge is 2.45. The molecule has 0 atom stereocenters. The van der Waals surface area contributed by atoms with Crippen molar-refractivity contribution in [1.29, 1.82) is 5.26 Å². The molecule has 0 bridgehead atoms. The molecule has 1 N–H and O–H groups in total. The van der Waals surface area contributed by atoms with Gasteiger partial charge in [0.2, 0.25) is 0 Å². The number of amides is 1. The Labute approximate surface area is 189 Å². The van der Waals surface area contributed by atoms with Gasteiger partial charge in [0.15, 0.2) is 0 Å². The molecule has 0 spiro atoms. The highest BCUT2D eigenvalue weighted by atomic mass is 35.5. The first kappa shape index (κ1) is 20.3. The molecule has 0 saturated heterocycles. The van der Waals surface area contributed by atoms with E-state index in [4.69, 9.17) is 21.9 Å². The summed E-state index contributed by atoms with van der Waals surface area (Å²) in [5, 5.41) is 12.2. The van der Waals surface area contributed by atoms with Crippen molar-refractivity contribution in [2.24, 2.45) is 4.99 Å². The lowest BCUT2D eigenvalue weighted by Gasteiger charge is -2.42. The van der Waals surface area contributed by atoms with E-state index in [0.29, 0.717) is 22.6 Å². The summed E-state index contributed by atoms with van der Waals surface area (Å²) < 4.78 is 15.0. The molecule has 1 amide bonds. The molecule has 0 unspecified atom stereocenters. The van der Waals surface area contributed by atoms with E-state index in [1.165, 1.54) is 12.1 Å².